The molecule has 4 unspecified atom stereocenters. The van der Waals surface area contributed by atoms with Crippen LogP contribution in [0.4, 0.5) is 11.5 Å². The average Bonchev–Trinajstić information content (AvgIpc) is 3.40. The van der Waals surface area contributed by atoms with Crippen molar-refractivity contribution in [2.75, 3.05) is 36.5 Å². The van der Waals surface area contributed by atoms with Gasteiger partial charge in [-0.2, -0.15) is 4.98 Å². The first-order valence-corrected chi connectivity index (χ1v) is 16.6. The molecule has 4 aliphatic rings. The van der Waals surface area contributed by atoms with Crippen molar-refractivity contribution in [3.8, 4) is 11.4 Å². The number of fused-ring (bicyclic) bond motifs is 6. The number of rotatable bonds is 3. The van der Waals surface area contributed by atoms with Crippen molar-refractivity contribution in [2.24, 2.45) is 0 Å². The van der Waals surface area contributed by atoms with Gasteiger partial charge in [0.25, 0.3) is 0 Å². The molecule has 4 aliphatic heterocycles. The van der Waals surface area contributed by atoms with E-state index in [2.05, 4.69) is 47.8 Å². The van der Waals surface area contributed by atoms with Crippen LogP contribution < -0.4 is 20.8 Å². The Balaban J connectivity index is 1.41. The number of phenols is 1. The van der Waals surface area contributed by atoms with E-state index in [9.17, 15) is 9.90 Å². The van der Waals surface area contributed by atoms with Crippen LogP contribution in [-0.2, 0) is 6.54 Å². The topological polar surface area (TPSA) is 89.8 Å². The van der Waals surface area contributed by atoms with Crippen LogP contribution in [0.3, 0.4) is 0 Å². The first-order chi connectivity index (χ1) is 21.7. The van der Waals surface area contributed by atoms with Crippen LogP contribution in [0.5, 0.6) is 5.75 Å². The van der Waals surface area contributed by atoms with Crippen molar-refractivity contribution in [3.63, 3.8) is 0 Å². The maximum Gasteiger partial charge on any atom is 0.354 e. The van der Waals surface area contributed by atoms with Crippen LogP contribution in [0.2, 0.25) is 5.02 Å². The fourth-order valence-corrected chi connectivity index (χ4v) is 8.74. The summed E-state index contributed by atoms with van der Waals surface area (Å²) in [5, 5.41) is 17.1. The Labute approximate surface area is 268 Å². The third-order valence-corrected chi connectivity index (χ3v) is 10.9. The first-order valence-electron chi connectivity index (χ1n) is 16.2. The van der Waals surface area contributed by atoms with Gasteiger partial charge in [0.05, 0.1) is 40.4 Å². The predicted molar refractivity (Wildman–Crippen MR) is 179 cm³/mol. The largest absolute Gasteiger partial charge is 0.508 e. The normalized spacial score (nSPS) is 24.5. The Bertz CT molecular complexity index is 1890. The molecule has 0 saturated carbocycles. The number of halogens is 1. The number of benzene rings is 2. The molecule has 10 heteroatoms. The van der Waals surface area contributed by atoms with Gasteiger partial charge in [-0.3, -0.25) is 14.5 Å². The number of nitrogens with zero attached hydrogens (tertiary/aromatic N) is 6. The maximum atomic E-state index is 14.5. The number of phenolic OH excluding ortho intramolecular Hbond substituents is 1. The minimum atomic E-state index is -0.269. The Morgan fingerprint density at radius 1 is 1.11 bits per heavy atom. The molecule has 2 saturated heterocycles. The van der Waals surface area contributed by atoms with Gasteiger partial charge in [-0.05, 0) is 68.3 Å². The second-order valence-electron chi connectivity index (χ2n) is 13.7. The van der Waals surface area contributed by atoms with E-state index >= 15 is 0 Å². The van der Waals surface area contributed by atoms with Crippen molar-refractivity contribution in [1.82, 2.24) is 24.8 Å². The van der Waals surface area contributed by atoms with Gasteiger partial charge < -0.3 is 20.2 Å². The number of aryl methyl sites for hydroxylation is 1. The highest BCUT2D eigenvalue weighted by Gasteiger charge is 2.46. The summed E-state index contributed by atoms with van der Waals surface area (Å²) < 4.78 is 1.85. The number of likely N-dealkylation sites (N-methyl/N-ethyl adjacent to an activating group) is 1. The van der Waals surface area contributed by atoms with Gasteiger partial charge in [-0.1, -0.05) is 37.6 Å². The molecular weight excluding hydrogens is 586 g/mol. The lowest BCUT2D eigenvalue weighted by Gasteiger charge is -2.49. The lowest BCUT2D eigenvalue weighted by Crippen LogP contribution is -2.61. The molecule has 234 valence electrons. The third-order valence-electron chi connectivity index (χ3n) is 10.6. The van der Waals surface area contributed by atoms with Gasteiger partial charge in [0.1, 0.15) is 11.6 Å². The molecule has 2 N–H and O–H groups in total. The second-order valence-corrected chi connectivity index (χ2v) is 14.1. The van der Waals surface area contributed by atoms with Gasteiger partial charge in [-0.25, -0.2) is 4.79 Å². The van der Waals surface area contributed by atoms with E-state index < -0.39 is 0 Å². The number of anilines is 2. The van der Waals surface area contributed by atoms with E-state index in [1.807, 2.05) is 41.1 Å². The van der Waals surface area contributed by atoms with Crippen LogP contribution in [-0.4, -0.2) is 69.3 Å². The molecule has 0 amide bonds. The zero-order chi connectivity index (χ0) is 31.1. The number of aromatic nitrogens is 3. The number of hydrogen-bond acceptors (Lipinski definition) is 8. The van der Waals surface area contributed by atoms with Crippen LogP contribution >= 0.6 is 11.6 Å². The van der Waals surface area contributed by atoms with E-state index in [1.54, 1.807) is 6.07 Å². The van der Waals surface area contributed by atoms with E-state index in [1.165, 1.54) is 0 Å². The minimum Gasteiger partial charge on any atom is -0.508 e. The summed E-state index contributed by atoms with van der Waals surface area (Å²) in [4.78, 5) is 31.5. The lowest BCUT2D eigenvalue weighted by molar-refractivity contribution is 0.207. The smallest absolute Gasteiger partial charge is 0.354 e. The van der Waals surface area contributed by atoms with Crippen LogP contribution in [0, 0.1) is 6.92 Å². The summed E-state index contributed by atoms with van der Waals surface area (Å²) >= 11 is 6.85. The molecule has 0 radical (unpaired) electrons. The van der Waals surface area contributed by atoms with Crippen LogP contribution in [0.15, 0.2) is 47.4 Å². The number of aromatic hydroxyl groups is 1. The fourth-order valence-electron chi connectivity index (χ4n) is 8.46. The van der Waals surface area contributed by atoms with E-state index in [4.69, 9.17) is 21.6 Å². The lowest BCUT2D eigenvalue weighted by atomic mass is 9.91. The number of piperazine rings is 1. The quantitative estimate of drug-likeness (QED) is 0.318. The summed E-state index contributed by atoms with van der Waals surface area (Å²) in [6.45, 7) is 9.21. The highest BCUT2D eigenvalue weighted by atomic mass is 35.5. The summed E-state index contributed by atoms with van der Waals surface area (Å²) in [7, 11) is 2.20. The third kappa shape index (κ3) is 4.54. The van der Waals surface area contributed by atoms with E-state index in [0.29, 0.717) is 30.2 Å². The Hall–Kier alpha value is -3.66. The molecule has 2 aromatic heterocycles. The molecular formula is C35H40ClN7O2. The monoisotopic (exact) mass is 625 g/mol. The Kier molecular flexibility index (Phi) is 6.85. The number of hydrogen-bond donors (Lipinski definition) is 2. The van der Waals surface area contributed by atoms with Crippen LogP contribution in [0.25, 0.3) is 16.5 Å². The predicted octanol–water partition coefficient (Wildman–Crippen LogP) is 5.28. The molecule has 9 nitrogen and oxygen atoms in total. The van der Waals surface area contributed by atoms with Crippen molar-refractivity contribution >= 4 is 33.9 Å². The molecule has 6 heterocycles. The number of nitrogens with one attached hydrogen (secondary N) is 1. The van der Waals surface area contributed by atoms with Gasteiger partial charge in [0.2, 0.25) is 0 Å². The SMILES string of the molecule is Cc1ccnc(C(C)C)c1-n1c2c3c(nc1=O)N1CC4CCC(N4)C1CCN(C)C3CN(c1cc(O)cc3cccc(Cl)c13)C2. The molecule has 8 rings (SSSR count). The van der Waals surface area contributed by atoms with Crippen LogP contribution in [0.1, 0.15) is 67.6 Å². The summed E-state index contributed by atoms with van der Waals surface area (Å²) in [5.74, 6) is 1.15. The molecule has 0 spiro atoms. The van der Waals surface area contributed by atoms with Gasteiger partial charge in [-0.15, -0.1) is 0 Å². The maximum absolute atomic E-state index is 14.5. The molecule has 45 heavy (non-hydrogen) atoms. The van der Waals surface area contributed by atoms with Gasteiger partial charge in [0, 0.05) is 61.0 Å². The molecule has 2 bridgehead atoms. The van der Waals surface area contributed by atoms with Crippen molar-refractivity contribution in [3.05, 3.63) is 80.6 Å². The van der Waals surface area contributed by atoms with Crippen molar-refractivity contribution < 1.29 is 5.11 Å². The Morgan fingerprint density at radius 3 is 2.78 bits per heavy atom. The highest BCUT2D eigenvalue weighted by Crippen LogP contribution is 2.45. The zero-order valence-corrected chi connectivity index (χ0v) is 27.1. The zero-order valence-electron chi connectivity index (χ0n) is 26.3. The molecule has 0 aliphatic carbocycles. The first kappa shape index (κ1) is 28.8. The standard InChI is InChI=1S/C35H40ClN7O2/c1-19(2)32-33(20(3)10-12-37-32)43-29-18-41(27-15-23(44)14-21-6-5-7-24(36)30(21)27)17-28-31(29)34(39-35(43)45)42-16-22-8-9-25(38-22)26(42)11-13-40(28)4/h5-7,10,12,14-15,19,22,25-26,28,38,44H,8-9,11,13,16-18H2,1-4H3. The molecule has 2 aromatic carbocycles. The van der Waals surface area contributed by atoms with Gasteiger partial charge in [0.15, 0.2) is 0 Å². The highest BCUT2D eigenvalue weighted by molar-refractivity contribution is 6.36. The van der Waals surface area contributed by atoms with Crippen molar-refractivity contribution in [2.45, 2.75) is 76.7 Å². The van der Waals surface area contributed by atoms with E-state index in [0.717, 1.165) is 82.8 Å². The summed E-state index contributed by atoms with van der Waals surface area (Å²) in [6, 6.07) is 12.4. The van der Waals surface area contributed by atoms with E-state index in [-0.39, 0.29) is 29.4 Å². The number of pyridine rings is 1. The molecule has 4 atom stereocenters. The molecule has 2 fully saturated rings. The fraction of sp³-hybridized carbons (Fsp3) is 0.457. The van der Waals surface area contributed by atoms with Crippen molar-refractivity contribution in [1.29, 1.82) is 0 Å². The molecule has 4 aromatic rings. The summed E-state index contributed by atoms with van der Waals surface area (Å²) in [6.07, 6.45) is 5.14. The average molecular weight is 626 g/mol. The minimum absolute atomic E-state index is 0.0315. The van der Waals surface area contributed by atoms with Gasteiger partial charge >= 0.3 is 5.69 Å². The summed E-state index contributed by atoms with van der Waals surface area (Å²) in [5.41, 5.74) is 5.35. The second kappa shape index (κ2) is 10.7. The Morgan fingerprint density at radius 2 is 1.96 bits per heavy atom.